The van der Waals surface area contributed by atoms with Crippen molar-refractivity contribution in [1.82, 2.24) is 15.0 Å². The van der Waals surface area contributed by atoms with E-state index in [1.807, 2.05) is 6.07 Å². The summed E-state index contributed by atoms with van der Waals surface area (Å²) in [5, 5.41) is 2.57. The van der Waals surface area contributed by atoms with Crippen molar-refractivity contribution in [2.24, 2.45) is 0 Å². The molecule has 0 bridgehead atoms. The van der Waals surface area contributed by atoms with Gasteiger partial charge in [-0.1, -0.05) is 0 Å². The van der Waals surface area contributed by atoms with E-state index in [2.05, 4.69) is 42.9 Å². The first-order valence-electron chi connectivity index (χ1n) is 4.63. The Balaban J connectivity index is 2.14. The molecule has 0 aliphatic carbocycles. The first kappa shape index (κ1) is 11.7. The first-order chi connectivity index (χ1) is 8.15. The number of amides is 1. The third-order valence-corrected chi connectivity index (χ3v) is 2.51. The summed E-state index contributed by atoms with van der Waals surface area (Å²) in [5.74, 6) is 0.0124. The molecule has 7 heteroatoms. The number of aromatic nitrogens is 3. The molecule has 86 valence electrons. The second-order valence-electron chi connectivity index (χ2n) is 3.11. The van der Waals surface area contributed by atoms with Crippen LogP contribution < -0.4 is 10.9 Å². The number of carbonyl (C=O) groups excluding carboxylic acids is 1. The van der Waals surface area contributed by atoms with Crippen molar-refractivity contribution in [1.29, 1.82) is 0 Å². The minimum absolute atomic E-state index is 0.130. The van der Waals surface area contributed by atoms with Gasteiger partial charge in [-0.15, -0.1) is 0 Å². The molecule has 0 saturated heterocycles. The summed E-state index contributed by atoms with van der Waals surface area (Å²) >= 11 is 2.12. The lowest BCUT2D eigenvalue weighted by molar-refractivity contribution is 0.102. The van der Waals surface area contributed by atoms with Gasteiger partial charge in [0.05, 0.1) is 6.20 Å². The molecule has 17 heavy (non-hydrogen) atoms. The van der Waals surface area contributed by atoms with Gasteiger partial charge in [0.1, 0.15) is 11.5 Å². The van der Waals surface area contributed by atoms with Crippen LogP contribution in [0.25, 0.3) is 0 Å². The van der Waals surface area contributed by atoms with Crippen LogP contribution >= 0.6 is 22.6 Å². The summed E-state index contributed by atoms with van der Waals surface area (Å²) in [5.41, 5.74) is -0.223. The van der Waals surface area contributed by atoms with Gasteiger partial charge in [-0.2, -0.15) is 0 Å². The molecule has 0 spiro atoms. The van der Waals surface area contributed by atoms with Gasteiger partial charge >= 0.3 is 0 Å². The number of nitrogens with one attached hydrogen (secondary N) is 2. The van der Waals surface area contributed by atoms with Crippen molar-refractivity contribution in [3.63, 3.8) is 0 Å². The maximum absolute atomic E-state index is 11.7. The van der Waals surface area contributed by atoms with Crippen molar-refractivity contribution >= 4 is 34.3 Å². The molecule has 2 heterocycles. The van der Waals surface area contributed by atoms with E-state index in [1.165, 1.54) is 6.20 Å². The molecule has 0 unspecified atom stereocenters. The van der Waals surface area contributed by atoms with Gasteiger partial charge in [0.2, 0.25) is 0 Å². The number of carbonyl (C=O) groups is 1. The van der Waals surface area contributed by atoms with Crippen LogP contribution in [0.2, 0.25) is 0 Å². The normalized spacial score (nSPS) is 9.94. The van der Waals surface area contributed by atoms with Gasteiger partial charge in [-0.3, -0.25) is 9.59 Å². The lowest BCUT2D eigenvalue weighted by atomic mass is 10.4. The largest absolute Gasteiger partial charge is 0.325 e. The second-order valence-corrected chi connectivity index (χ2v) is 4.36. The Morgan fingerprint density at radius 3 is 2.71 bits per heavy atom. The summed E-state index contributed by atoms with van der Waals surface area (Å²) in [7, 11) is 0. The predicted molar refractivity (Wildman–Crippen MR) is 69.8 cm³/mol. The maximum atomic E-state index is 11.7. The van der Waals surface area contributed by atoms with E-state index in [9.17, 15) is 9.59 Å². The number of pyridine rings is 1. The highest BCUT2D eigenvalue weighted by Gasteiger charge is 2.07. The quantitative estimate of drug-likeness (QED) is 0.798. The minimum atomic E-state index is -0.421. The summed E-state index contributed by atoms with van der Waals surface area (Å²) in [6.45, 7) is 0. The molecular weight excluding hydrogens is 335 g/mol. The lowest BCUT2D eigenvalue weighted by Crippen LogP contribution is -2.17. The fourth-order valence-electron chi connectivity index (χ4n) is 1.10. The average molecular weight is 342 g/mol. The van der Waals surface area contributed by atoms with Crippen molar-refractivity contribution in [3.05, 3.63) is 50.3 Å². The molecule has 2 N–H and O–H groups in total. The molecule has 0 aromatic carbocycles. The van der Waals surface area contributed by atoms with E-state index in [0.29, 0.717) is 5.82 Å². The Bertz CT molecular complexity index is 574. The molecular formula is C10H7IN4O2. The summed E-state index contributed by atoms with van der Waals surface area (Å²) in [4.78, 5) is 32.6. The number of nitrogens with zero attached hydrogens (tertiary/aromatic N) is 2. The van der Waals surface area contributed by atoms with Gasteiger partial charge in [-0.05, 0) is 34.7 Å². The third-order valence-electron chi connectivity index (χ3n) is 1.87. The Morgan fingerprint density at radius 1 is 1.29 bits per heavy atom. The summed E-state index contributed by atoms with van der Waals surface area (Å²) in [6.07, 6.45) is 3.94. The maximum Gasteiger partial charge on any atom is 0.276 e. The van der Waals surface area contributed by atoms with E-state index >= 15 is 0 Å². The average Bonchev–Trinajstić information content (AvgIpc) is 2.33. The van der Waals surface area contributed by atoms with E-state index in [-0.39, 0.29) is 11.3 Å². The number of aromatic amines is 1. The summed E-state index contributed by atoms with van der Waals surface area (Å²) in [6, 6.07) is 3.51. The Hall–Kier alpha value is -1.77. The van der Waals surface area contributed by atoms with Crippen LogP contribution in [0.1, 0.15) is 10.5 Å². The zero-order chi connectivity index (χ0) is 12.3. The lowest BCUT2D eigenvalue weighted by Gasteiger charge is -2.02. The van der Waals surface area contributed by atoms with E-state index in [4.69, 9.17) is 0 Å². The monoisotopic (exact) mass is 342 g/mol. The molecule has 0 aliphatic rings. The molecule has 6 nitrogen and oxygen atoms in total. The van der Waals surface area contributed by atoms with Crippen LogP contribution in [-0.4, -0.2) is 20.9 Å². The molecule has 0 atom stereocenters. The van der Waals surface area contributed by atoms with Crippen LogP contribution in [0.4, 0.5) is 5.82 Å². The number of halogens is 1. The van der Waals surface area contributed by atoms with Gasteiger partial charge in [0.25, 0.3) is 11.5 Å². The van der Waals surface area contributed by atoms with Gasteiger partial charge in [0, 0.05) is 16.0 Å². The minimum Gasteiger partial charge on any atom is -0.325 e. The topological polar surface area (TPSA) is 87.7 Å². The molecule has 0 radical (unpaired) electrons. The van der Waals surface area contributed by atoms with Gasteiger partial charge in [-0.25, -0.2) is 9.97 Å². The smallest absolute Gasteiger partial charge is 0.276 e. The molecule has 0 aliphatic heterocycles. The Kier molecular flexibility index (Phi) is 3.47. The van der Waals surface area contributed by atoms with E-state index in [0.717, 1.165) is 9.77 Å². The molecule has 0 fully saturated rings. The fourth-order valence-corrected chi connectivity index (χ4v) is 1.42. The SMILES string of the molecule is O=C(Nc1ccc(I)cn1)c1c[nH]c(=O)cn1. The molecule has 1 amide bonds. The highest BCUT2D eigenvalue weighted by molar-refractivity contribution is 14.1. The van der Waals surface area contributed by atoms with Crippen molar-refractivity contribution < 1.29 is 4.79 Å². The van der Waals surface area contributed by atoms with E-state index < -0.39 is 5.91 Å². The third kappa shape index (κ3) is 3.09. The van der Waals surface area contributed by atoms with Crippen LogP contribution in [0, 0.1) is 3.57 Å². The molecule has 2 aromatic rings. The van der Waals surface area contributed by atoms with Gasteiger partial charge < -0.3 is 10.3 Å². The van der Waals surface area contributed by atoms with Crippen LogP contribution in [0.3, 0.4) is 0 Å². The first-order valence-corrected chi connectivity index (χ1v) is 5.70. The highest BCUT2D eigenvalue weighted by atomic mass is 127. The zero-order valence-electron chi connectivity index (χ0n) is 8.48. The van der Waals surface area contributed by atoms with Gasteiger partial charge in [0.15, 0.2) is 0 Å². The number of H-pyrrole nitrogens is 1. The Labute approximate surface area is 110 Å². The molecule has 2 aromatic heterocycles. The van der Waals surface area contributed by atoms with Crippen molar-refractivity contribution in [2.75, 3.05) is 5.32 Å². The number of rotatable bonds is 2. The standard InChI is InChI=1S/C10H7IN4O2/c11-6-1-2-8(13-3-6)15-10(17)7-4-14-9(16)5-12-7/h1-5H,(H,14,16)(H,13,15,17). The van der Waals surface area contributed by atoms with Crippen molar-refractivity contribution in [3.8, 4) is 0 Å². The fraction of sp³-hybridized carbons (Fsp3) is 0. The predicted octanol–water partition coefficient (Wildman–Crippen LogP) is 1.02. The second kappa shape index (κ2) is 5.04. The zero-order valence-corrected chi connectivity index (χ0v) is 10.6. The highest BCUT2D eigenvalue weighted by Crippen LogP contribution is 2.07. The number of hydrogen-bond acceptors (Lipinski definition) is 4. The molecule has 2 rings (SSSR count). The van der Waals surface area contributed by atoms with E-state index in [1.54, 1.807) is 12.3 Å². The summed E-state index contributed by atoms with van der Waals surface area (Å²) < 4.78 is 0.975. The van der Waals surface area contributed by atoms with Crippen LogP contribution in [0.15, 0.2) is 35.5 Å². The van der Waals surface area contributed by atoms with Crippen molar-refractivity contribution in [2.45, 2.75) is 0 Å². The van der Waals surface area contributed by atoms with Crippen LogP contribution in [-0.2, 0) is 0 Å². The number of hydrogen-bond donors (Lipinski definition) is 2. The Morgan fingerprint density at radius 2 is 2.12 bits per heavy atom. The number of anilines is 1. The van der Waals surface area contributed by atoms with Crippen LogP contribution in [0.5, 0.6) is 0 Å². The molecule has 0 saturated carbocycles.